The van der Waals surface area contributed by atoms with Crippen LogP contribution in [0, 0.1) is 11.7 Å². The average Bonchev–Trinajstić information content (AvgIpc) is 3.03. The summed E-state index contributed by atoms with van der Waals surface area (Å²) in [4.78, 5) is 6.20. The Morgan fingerprint density at radius 3 is 2.61 bits per heavy atom. The van der Waals surface area contributed by atoms with Gasteiger partial charge in [0.1, 0.15) is 17.1 Å². The van der Waals surface area contributed by atoms with Crippen LogP contribution in [0.2, 0.25) is 0 Å². The largest absolute Gasteiger partial charge is 0.494 e. The quantitative estimate of drug-likeness (QED) is 0.706. The molecule has 4 rings (SSSR count). The molecule has 2 aliphatic rings. The van der Waals surface area contributed by atoms with Gasteiger partial charge in [0.25, 0.3) is 0 Å². The van der Waals surface area contributed by atoms with Crippen molar-refractivity contribution in [2.45, 2.75) is 29.7 Å². The third-order valence-electron chi connectivity index (χ3n) is 5.59. The van der Waals surface area contributed by atoms with Crippen LogP contribution in [0.4, 0.5) is 10.1 Å². The van der Waals surface area contributed by atoms with Gasteiger partial charge in [-0.25, -0.2) is 4.39 Å². The summed E-state index contributed by atoms with van der Waals surface area (Å²) in [5, 5.41) is 0. The molecule has 0 amide bonds. The Kier molecular flexibility index (Phi) is 6.40. The molecule has 0 aromatic heterocycles. The molecule has 150 valence electrons. The Morgan fingerprint density at radius 2 is 1.82 bits per heavy atom. The second kappa shape index (κ2) is 9.16. The van der Waals surface area contributed by atoms with Crippen LogP contribution in [0.3, 0.4) is 0 Å². The predicted molar refractivity (Wildman–Crippen MR) is 113 cm³/mol. The van der Waals surface area contributed by atoms with Crippen molar-refractivity contribution in [1.82, 2.24) is 4.90 Å². The SMILES string of the molecule is NC1Sc2ccccc2N1CC1CCN(CCCOc2ccc(F)cc2)CC1. The fourth-order valence-electron chi connectivity index (χ4n) is 4.01. The van der Waals surface area contributed by atoms with Gasteiger partial charge in [0.05, 0.1) is 12.3 Å². The fraction of sp³-hybridized carbons (Fsp3) is 0.455. The Balaban J connectivity index is 1.16. The third kappa shape index (κ3) is 4.80. The molecule has 1 atom stereocenters. The smallest absolute Gasteiger partial charge is 0.130 e. The first-order chi connectivity index (χ1) is 13.7. The van der Waals surface area contributed by atoms with Crippen LogP contribution in [0.25, 0.3) is 0 Å². The normalized spacial score (nSPS) is 20.4. The number of ether oxygens (including phenoxy) is 1. The second-order valence-corrected chi connectivity index (χ2v) is 8.73. The molecule has 28 heavy (non-hydrogen) atoms. The van der Waals surface area contributed by atoms with Crippen molar-refractivity contribution in [3.05, 3.63) is 54.3 Å². The number of fused-ring (bicyclic) bond motifs is 1. The van der Waals surface area contributed by atoms with E-state index in [-0.39, 0.29) is 11.3 Å². The van der Waals surface area contributed by atoms with E-state index < -0.39 is 0 Å². The minimum Gasteiger partial charge on any atom is -0.494 e. The van der Waals surface area contributed by atoms with Crippen molar-refractivity contribution in [3.63, 3.8) is 0 Å². The van der Waals surface area contributed by atoms with E-state index in [0.29, 0.717) is 12.5 Å². The molecular weight excluding hydrogens is 373 g/mol. The van der Waals surface area contributed by atoms with Crippen molar-refractivity contribution >= 4 is 17.4 Å². The maximum atomic E-state index is 12.9. The highest BCUT2D eigenvalue weighted by atomic mass is 32.2. The van der Waals surface area contributed by atoms with E-state index in [9.17, 15) is 4.39 Å². The summed E-state index contributed by atoms with van der Waals surface area (Å²) in [6, 6.07) is 14.8. The zero-order valence-corrected chi connectivity index (χ0v) is 16.9. The summed E-state index contributed by atoms with van der Waals surface area (Å²) in [6.45, 7) is 5.04. The number of nitrogens with zero attached hydrogens (tertiary/aromatic N) is 2. The van der Waals surface area contributed by atoms with Crippen molar-refractivity contribution < 1.29 is 9.13 Å². The molecule has 2 aromatic rings. The van der Waals surface area contributed by atoms with Gasteiger partial charge in [0.15, 0.2) is 0 Å². The van der Waals surface area contributed by atoms with Gasteiger partial charge in [-0.3, -0.25) is 0 Å². The lowest BCUT2D eigenvalue weighted by Crippen LogP contribution is -2.43. The first-order valence-corrected chi connectivity index (χ1v) is 11.0. The average molecular weight is 402 g/mol. The van der Waals surface area contributed by atoms with Crippen LogP contribution in [-0.2, 0) is 0 Å². The number of thioether (sulfide) groups is 1. The van der Waals surface area contributed by atoms with Gasteiger partial charge in [0.2, 0.25) is 0 Å². The lowest BCUT2D eigenvalue weighted by Gasteiger charge is -2.35. The number of piperidine rings is 1. The molecule has 2 heterocycles. The number of hydrogen-bond donors (Lipinski definition) is 1. The van der Waals surface area contributed by atoms with Gasteiger partial charge in [-0.05, 0) is 74.7 Å². The Labute approximate surface area is 170 Å². The summed E-state index contributed by atoms with van der Waals surface area (Å²) in [7, 11) is 0. The van der Waals surface area contributed by atoms with Gasteiger partial charge in [-0.2, -0.15) is 0 Å². The highest BCUT2D eigenvalue weighted by Crippen LogP contribution is 2.41. The molecule has 0 saturated carbocycles. The minimum absolute atomic E-state index is 0.0408. The summed E-state index contributed by atoms with van der Waals surface area (Å²) < 4.78 is 18.6. The topological polar surface area (TPSA) is 41.7 Å². The number of anilines is 1. The van der Waals surface area contributed by atoms with Crippen LogP contribution in [-0.4, -0.2) is 43.2 Å². The number of hydrogen-bond acceptors (Lipinski definition) is 5. The maximum Gasteiger partial charge on any atom is 0.130 e. The number of benzene rings is 2. The molecule has 2 aromatic carbocycles. The molecule has 1 fully saturated rings. The Hall–Kier alpha value is -1.76. The molecule has 2 N–H and O–H groups in total. The minimum atomic E-state index is -0.229. The first kappa shape index (κ1) is 19.6. The van der Waals surface area contributed by atoms with E-state index >= 15 is 0 Å². The molecule has 1 saturated heterocycles. The summed E-state index contributed by atoms with van der Waals surface area (Å²) >= 11 is 1.76. The van der Waals surface area contributed by atoms with Crippen LogP contribution in [0.15, 0.2) is 53.4 Å². The molecule has 1 unspecified atom stereocenters. The van der Waals surface area contributed by atoms with Crippen molar-refractivity contribution in [2.75, 3.05) is 37.7 Å². The molecule has 0 aliphatic carbocycles. The van der Waals surface area contributed by atoms with E-state index in [4.69, 9.17) is 10.5 Å². The summed E-state index contributed by atoms with van der Waals surface area (Å²) in [6.07, 6.45) is 3.42. The molecule has 0 radical (unpaired) electrons. The molecule has 0 bridgehead atoms. The monoisotopic (exact) mass is 401 g/mol. The molecule has 2 aliphatic heterocycles. The highest BCUT2D eigenvalue weighted by Gasteiger charge is 2.30. The summed E-state index contributed by atoms with van der Waals surface area (Å²) in [5.74, 6) is 1.21. The standard InChI is InChI=1S/C22H28FN3OS/c23-18-6-8-19(9-7-18)27-15-3-12-25-13-10-17(11-14-25)16-26-20-4-1-2-5-21(20)28-22(26)24/h1-2,4-9,17,22H,3,10-16,24H2. The Morgan fingerprint density at radius 1 is 1.07 bits per heavy atom. The van der Waals surface area contributed by atoms with Crippen LogP contribution in [0.5, 0.6) is 5.75 Å². The van der Waals surface area contributed by atoms with Gasteiger partial charge >= 0.3 is 0 Å². The van der Waals surface area contributed by atoms with Crippen molar-refractivity contribution in [1.29, 1.82) is 0 Å². The van der Waals surface area contributed by atoms with E-state index in [1.807, 2.05) is 0 Å². The van der Waals surface area contributed by atoms with E-state index in [2.05, 4.69) is 34.1 Å². The van der Waals surface area contributed by atoms with Gasteiger partial charge in [-0.15, -0.1) is 0 Å². The van der Waals surface area contributed by atoms with Gasteiger partial charge < -0.3 is 20.3 Å². The fourth-order valence-corrected chi connectivity index (χ4v) is 5.06. The maximum absolute atomic E-state index is 12.9. The highest BCUT2D eigenvalue weighted by molar-refractivity contribution is 8.00. The first-order valence-electron chi connectivity index (χ1n) is 10.1. The number of nitrogens with two attached hydrogens (primary N) is 1. The van der Waals surface area contributed by atoms with Crippen LogP contribution in [0.1, 0.15) is 19.3 Å². The lowest BCUT2D eigenvalue weighted by atomic mass is 9.96. The number of likely N-dealkylation sites (tertiary alicyclic amines) is 1. The summed E-state index contributed by atoms with van der Waals surface area (Å²) in [5.41, 5.74) is 7.69. The molecule has 4 nitrogen and oxygen atoms in total. The van der Waals surface area contributed by atoms with Gasteiger partial charge in [-0.1, -0.05) is 23.9 Å². The number of rotatable bonds is 7. The van der Waals surface area contributed by atoms with Crippen molar-refractivity contribution in [3.8, 4) is 5.75 Å². The second-order valence-electron chi connectivity index (χ2n) is 7.57. The molecule has 6 heteroatoms. The predicted octanol–water partition coefficient (Wildman–Crippen LogP) is 4.16. The van der Waals surface area contributed by atoms with E-state index in [1.165, 1.54) is 35.6 Å². The molecule has 0 spiro atoms. The lowest BCUT2D eigenvalue weighted by molar-refractivity contribution is 0.172. The van der Waals surface area contributed by atoms with Gasteiger partial charge in [0, 0.05) is 18.0 Å². The molecular formula is C22H28FN3OS. The van der Waals surface area contributed by atoms with E-state index in [0.717, 1.165) is 38.3 Å². The van der Waals surface area contributed by atoms with Crippen molar-refractivity contribution in [2.24, 2.45) is 11.7 Å². The Bertz CT molecular complexity index is 765. The zero-order valence-electron chi connectivity index (χ0n) is 16.1. The number of para-hydroxylation sites is 1. The van der Waals surface area contributed by atoms with E-state index in [1.54, 1.807) is 23.9 Å². The number of halogens is 1. The van der Waals surface area contributed by atoms with Crippen LogP contribution < -0.4 is 15.4 Å². The zero-order chi connectivity index (χ0) is 19.3. The third-order valence-corrected chi connectivity index (χ3v) is 6.69. The van der Waals surface area contributed by atoms with Crippen LogP contribution >= 0.6 is 11.8 Å².